The van der Waals surface area contributed by atoms with Crippen LogP contribution in [-0.2, 0) is 6.54 Å². The van der Waals surface area contributed by atoms with Crippen LogP contribution < -0.4 is 5.32 Å². The lowest BCUT2D eigenvalue weighted by molar-refractivity contribution is 0.207. The summed E-state index contributed by atoms with van der Waals surface area (Å²) in [4.78, 5) is 4.07. The highest BCUT2D eigenvalue weighted by atomic mass is 16.5. The number of hydrogen-bond donors (Lipinski definition) is 1. The largest absolute Gasteiger partial charge is 0.343 e. The van der Waals surface area contributed by atoms with E-state index in [-0.39, 0.29) is 0 Å². The van der Waals surface area contributed by atoms with Gasteiger partial charge in [0.05, 0.1) is 6.54 Å². The van der Waals surface area contributed by atoms with Gasteiger partial charge in [-0.1, -0.05) is 11.6 Å². The smallest absolute Gasteiger partial charge is 0.213 e. The summed E-state index contributed by atoms with van der Waals surface area (Å²) in [5.74, 6) is 4.82. The Balaban J connectivity index is 1.41. The SMILES string of the molecule is c1nc(CNC2CC3CC2C2CCCC32)no1. The summed E-state index contributed by atoms with van der Waals surface area (Å²) >= 11 is 0. The number of nitrogens with one attached hydrogen (secondary N) is 1. The second-order valence-electron chi connectivity index (χ2n) is 5.99. The molecule has 92 valence electrons. The highest BCUT2D eigenvalue weighted by Crippen LogP contribution is 2.58. The van der Waals surface area contributed by atoms with Crippen LogP contribution in [0.2, 0.25) is 0 Å². The Labute approximate surface area is 101 Å². The molecule has 3 aliphatic carbocycles. The zero-order valence-electron chi connectivity index (χ0n) is 10.0. The second-order valence-corrected chi connectivity index (χ2v) is 5.99. The number of nitrogens with zero attached hydrogens (tertiary/aromatic N) is 2. The number of rotatable bonds is 3. The number of hydrogen-bond acceptors (Lipinski definition) is 4. The molecule has 2 bridgehead atoms. The number of aromatic nitrogens is 2. The van der Waals surface area contributed by atoms with E-state index in [1.54, 1.807) is 0 Å². The zero-order chi connectivity index (χ0) is 11.2. The Kier molecular flexibility index (Phi) is 2.25. The van der Waals surface area contributed by atoms with Crippen molar-refractivity contribution in [3.63, 3.8) is 0 Å². The molecule has 0 radical (unpaired) electrons. The molecular weight excluding hydrogens is 214 g/mol. The first-order valence-corrected chi connectivity index (χ1v) is 6.90. The Hall–Kier alpha value is -0.900. The van der Waals surface area contributed by atoms with Gasteiger partial charge in [0.1, 0.15) is 0 Å². The third kappa shape index (κ3) is 1.53. The van der Waals surface area contributed by atoms with Crippen LogP contribution in [0, 0.1) is 23.7 Å². The van der Waals surface area contributed by atoms with Crippen molar-refractivity contribution in [3.05, 3.63) is 12.2 Å². The summed E-state index contributed by atoms with van der Waals surface area (Å²) in [5.41, 5.74) is 0. The quantitative estimate of drug-likeness (QED) is 0.867. The summed E-state index contributed by atoms with van der Waals surface area (Å²) in [6, 6.07) is 0.706. The molecular formula is C13H19N3O. The molecule has 3 saturated carbocycles. The first-order valence-electron chi connectivity index (χ1n) is 6.90. The second kappa shape index (κ2) is 3.80. The van der Waals surface area contributed by atoms with Gasteiger partial charge in [0.25, 0.3) is 0 Å². The highest BCUT2D eigenvalue weighted by Gasteiger charge is 2.53. The maximum atomic E-state index is 4.76. The van der Waals surface area contributed by atoms with E-state index >= 15 is 0 Å². The van der Waals surface area contributed by atoms with Gasteiger partial charge in [0.15, 0.2) is 5.82 Å². The minimum Gasteiger partial charge on any atom is -0.343 e. The molecule has 1 aromatic rings. The van der Waals surface area contributed by atoms with Gasteiger partial charge in [0, 0.05) is 6.04 Å². The zero-order valence-corrected chi connectivity index (χ0v) is 10.0. The number of fused-ring (bicyclic) bond motifs is 5. The van der Waals surface area contributed by atoms with E-state index in [4.69, 9.17) is 4.52 Å². The van der Waals surface area contributed by atoms with Crippen LogP contribution in [0.15, 0.2) is 10.9 Å². The molecule has 1 N–H and O–H groups in total. The van der Waals surface area contributed by atoms with Gasteiger partial charge in [-0.2, -0.15) is 4.98 Å². The molecule has 0 saturated heterocycles. The van der Waals surface area contributed by atoms with Gasteiger partial charge < -0.3 is 9.84 Å². The van der Waals surface area contributed by atoms with Gasteiger partial charge >= 0.3 is 0 Å². The van der Waals surface area contributed by atoms with Gasteiger partial charge in [-0.25, -0.2) is 0 Å². The Morgan fingerprint density at radius 2 is 2.18 bits per heavy atom. The first-order chi connectivity index (χ1) is 8.42. The predicted molar refractivity (Wildman–Crippen MR) is 62.0 cm³/mol. The fourth-order valence-corrected chi connectivity index (χ4v) is 4.80. The monoisotopic (exact) mass is 233 g/mol. The lowest BCUT2D eigenvalue weighted by Crippen LogP contribution is -2.39. The molecule has 0 amide bonds. The third-order valence-corrected chi connectivity index (χ3v) is 5.36. The van der Waals surface area contributed by atoms with E-state index in [0.29, 0.717) is 6.04 Å². The minimum atomic E-state index is 0.706. The molecule has 4 heteroatoms. The summed E-state index contributed by atoms with van der Waals surface area (Å²) in [7, 11) is 0. The van der Waals surface area contributed by atoms with E-state index in [9.17, 15) is 0 Å². The molecule has 3 aliphatic rings. The normalized spacial score (nSPS) is 43.2. The maximum Gasteiger partial charge on any atom is 0.213 e. The molecule has 17 heavy (non-hydrogen) atoms. The summed E-state index contributed by atoms with van der Waals surface area (Å²) in [6.45, 7) is 0.766. The lowest BCUT2D eigenvalue weighted by atomic mass is 9.79. The molecule has 1 heterocycles. The summed E-state index contributed by atoms with van der Waals surface area (Å²) in [5, 5.41) is 7.50. The van der Waals surface area contributed by atoms with Crippen LogP contribution in [0.1, 0.15) is 37.9 Å². The highest BCUT2D eigenvalue weighted by molar-refractivity contribution is 5.05. The van der Waals surface area contributed by atoms with Crippen molar-refractivity contribution in [2.24, 2.45) is 23.7 Å². The average molecular weight is 233 g/mol. The fraction of sp³-hybridized carbons (Fsp3) is 0.846. The van der Waals surface area contributed by atoms with E-state index < -0.39 is 0 Å². The third-order valence-electron chi connectivity index (χ3n) is 5.36. The molecule has 4 nitrogen and oxygen atoms in total. The lowest BCUT2D eigenvalue weighted by Gasteiger charge is -2.31. The van der Waals surface area contributed by atoms with Crippen LogP contribution in [0.25, 0.3) is 0 Å². The van der Waals surface area contributed by atoms with E-state index in [0.717, 1.165) is 36.0 Å². The minimum absolute atomic E-state index is 0.706. The molecule has 1 aromatic heterocycles. The molecule has 0 aliphatic heterocycles. The average Bonchev–Trinajstić information content (AvgIpc) is 3.08. The molecule has 0 aromatic carbocycles. The van der Waals surface area contributed by atoms with Crippen molar-refractivity contribution in [1.29, 1.82) is 0 Å². The van der Waals surface area contributed by atoms with Crippen molar-refractivity contribution in [1.82, 2.24) is 15.5 Å². The molecule has 4 rings (SSSR count). The molecule has 3 fully saturated rings. The van der Waals surface area contributed by atoms with Crippen LogP contribution in [-0.4, -0.2) is 16.2 Å². The maximum absolute atomic E-state index is 4.76. The van der Waals surface area contributed by atoms with E-state index in [1.807, 2.05) is 0 Å². The fourth-order valence-electron chi connectivity index (χ4n) is 4.80. The Bertz CT molecular complexity index is 391. The van der Waals surface area contributed by atoms with Crippen molar-refractivity contribution >= 4 is 0 Å². The van der Waals surface area contributed by atoms with Crippen molar-refractivity contribution in [2.45, 2.75) is 44.7 Å². The topological polar surface area (TPSA) is 51.0 Å². The standard InChI is InChI=1S/C13H19N3O/c1-2-9-8-4-11(10(9)3-1)12(5-8)14-6-13-15-7-17-16-13/h7-12,14H,1-6H2. The Morgan fingerprint density at radius 1 is 1.24 bits per heavy atom. The van der Waals surface area contributed by atoms with Crippen molar-refractivity contribution in [2.75, 3.05) is 0 Å². The van der Waals surface area contributed by atoms with Gasteiger partial charge in [-0.15, -0.1) is 0 Å². The van der Waals surface area contributed by atoms with Gasteiger partial charge in [-0.3, -0.25) is 0 Å². The van der Waals surface area contributed by atoms with Crippen LogP contribution in [0.3, 0.4) is 0 Å². The summed E-state index contributed by atoms with van der Waals surface area (Å²) in [6.07, 6.45) is 8.71. The van der Waals surface area contributed by atoms with Crippen LogP contribution in [0.4, 0.5) is 0 Å². The van der Waals surface area contributed by atoms with E-state index in [2.05, 4.69) is 15.5 Å². The molecule has 0 spiro atoms. The Morgan fingerprint density at radius 3 is 3.06 bits per heavy atom. The van der Waals surface area contributed by atoms with E-state index in [1.165, 1.54) is 38.5 Å². The van der Waals surface area contributed by atoms with Gasteiger partial charge in [-0.05, 0) is 49.4 Å². The first kappa shape index (κ1) is 10.1. The molecule has 5 unspecified atom stereocenters. The van der Waals surface area contributed by atoms with Crippen molar-refractivity contribution in [3.8, 4) is 0 Å². The summed E-state index contributed by atoms with van der Waals surface area (Å²) < 4.78 is 4.76. The van der Waals surface area contributed by atoms with Crippen LogP contribution >= 0.6 is 0 Å². The van der Waals surface area contributed by atoms with Gasteiger partial charge in [0.2, 0.25) is 6.39 Å². The van der Waals surface area contributed by atoms with Crippen LogP contribution in [0.5, 0.6) is 0 Å². The predicted octanol–water partition coefficient (Wildman–Crippen LogP) is 1.98. The van der Waals surface area contributed by atoms with Crippen molar-refractivity contribution < 1.29 is 4.52 Å². The molecule has 5 atom stereocenters.